The Morgan fingerprint density at radius 2 is 2.16 bits per heavy atom. The van der Waals surface area contributed by atoms with Gasteiger partial charge in [0.05, 0.1) is 5.75 Å². The molecule has 0 unspecified atom stereocenters. The van der Waals surface area contributed by atoms with Gasteiger partial charge in [-0.1, -0.05) is 33.8 Å². The Hall–Kier alpha value is -1.44. The molecule has 0 spiro atoms. The van der Waals surface area contributed by atoms with Gasteiger partial charge in [-0.15, -0.1) is 11.3 Å². The van der Waals surface area contributed by atoms with E-state index >= 15 is 0 Å². The molecule has 0 bridgehead atoms. The molecule has 0 atom stereocenters. The van der Waals surface area contributed by atoms with Crippen LogP contribution in [0.15, 0.2) is 40.1 Å². The molecule has 0 radical (unpaired) electrons. The number of rotatable bonds is 4. The van der Waals surface area contributed by atoms with Crippen molar-refractivity contribution in [2.75, 3.05) is 11.1 Å². The normalized spacial score (nSPS) is 13.6. The molecule has 4 rings (SSSR count). The van der Waals surface area contributed by atoms with Crippen LogP contribution in [0.1, 0.15) is 23.3 Å². The Balaban J connectivity index is 1.51. The van der Waals surface area contributed by atoms with Crippen molar-refractivity contribution in [2.45, 2.75) is 30.7 Å². The summed E-state index contributed by atoms with van der Waals surface area (Å²) < 4.78 is 0.945. The Bertz CT molecular complexity index is 941. The summed E-state index contributed by atoms with van der Waals surface area (Å²) in [7, 11) is 0. The lowest BCUT2D eigenvalue weighted by Crippen LogP contribution is -2.14. The molecule has 2 heterocycles. The molecular weight excluding hydrogens is 418 g/mol. The van der Waals surface area contributed by atoms with E-state index in [1.807, 2.05) is 24.3 Å². The van der Waals surface area contributed by atoms with Gasteiger partial charge in [-0.05, 0) is 49.4 Å². The molecule has 1 N–H and O–H groups in total. The largest absolute Gasteiger partial charge is 0.325 e. The van der Waals surface area contributed by atoms with Crippen LogP contribution in [0.25, 0.3) is 10.2 Å². The van der Waals surface area contributed by atoms with Crippen molar-refractivity contribution in [3.05, 3.63) is 45.5 Å². The van der Waals surface area contributed by atoms with Crippen molar-refractivity contribution in [3.63, 3.8) is 0 Å². The minimum Gasteiger partial charge on any atom is -0.325 e. The van der Waals surface area contributed by atoms with Crippen molar-refractivity contribution in [2.24, 2.45) is 0 Å². The summed E-state index contributed by atoms with van der Waals surface area (Å²) in [5.41, 5.74) is 2.20. The number of aryl methyl sites for hydroxylation is 2. The number of fused-ring (bicyclic) bond motifs is 3. The Morgan fingerprint density at radius 3 is 3.04 bits per heavy atom. The van der Waals surface area contributed by atoms with E-state index in [1.165, 1.54) is 40.4 Å². The molecule has 0 saturated heterocycles. The summed E-state index contributed by atoms with van der Waals surface area (Å²) in [6, 6.07) is 7.60. The number of carbonyl (C=O) groups is 1. The number of thiophene rings is 1. The van der Waals surface area contributed by atoms with E-state index in [9.17, 15) is 4.79 Å². The van der Waals surface area contributed by atoms with Crippen LogP contribution in [0.3, 0.4) is 0 Å². The number of amides is 1. The number of nitrogens with one attached hydrogen (secondary N) is 1. The van der Waals surface area contributed by atoms with Crippen LogP contribution in [-0.2, 0) is 17.6 Å². The molecule has 0 fully saturated rings. The zero-order valence-electron chi connectivity index (χ0n) is 13.4. The molecule has 0 saturated carbocycles. The maximum atomic E-state index is 12.3. The van der Waals surface area contributed by atoms with Crippen LogP contribution < -0.4 is 5.32 Å². The predicted octanol–water partition coefficient (Wildman–Crippen LogP) is 5.06. The number of anilines is 1. The third-order valence-corrected chi connectivity index (χ3v) is 6.85. The quantitative estimate of drug-likeness (QED) is 0.461. The van der Waals surface area contributed by atoms with Gasteiger partial charge >= 0.3 is 0 Å². The van der Waals surface area contributed by atoms with Gasteiger partial charge in [0, 0.05) is 20.4 Å². The van der Waals surface area contributed by atoms with Gasteiger partial charge in [0.15, 0.2) is 0 Å². The van der Waals surface area contributed by atoms with Crippen LogP contribution in [-0.4, -0.2) is 21.6 Å². The van der Waals surface area contributed by atoms with Gasteiger partial charge in [-0.3, -0.25) is 4.79 Å². The maximum Gasteiger partial charge on any atom is 0.234 e. The average Bonchev–Trinajstić information content (AvgIpc) is 2.99. The van der Waals surface area contributed by atoms with Crippen LogP contribution in [0.4, 0.5) is 5.69 Å². The van der Waals surface area contributed by atoms with E-state index in [0.717, 1.165) is 32.9 Å². The SMILES string of the molecule is O=C(CSc1ncnc2sc3c(c12)CCCC3)Nc1cccc(Br)c1. The lowest BCUT2D eigenvalue weighted by Gasteiger charge is -2.11. The summed E-state index contributed by atoms with van der Waals surface area (Å²) in [6.07, 6.45) is 6.33. The number of hydrogen-bond donors (Lipinski definition) is 1. The minimum atomic E-state index is -0.0287. The van der Waals surface area contributed by atoms with Crippen molar-refractivity contribution in [1.82, 2.24) is 9.97 Å². The van der Waals surface area contributed by atoms with Gasteiger partial charge in [-0.2, -0.15) is 0 Å². The van der Waals surface area contributed by atoms with E-state index in [1.54, 1.807) is 17.7 Å². The highest BCUT2D eigenvalue weighted by molar-refractivity contribution is 9.10. The summed E-state index contributed by atoms with van der Waals surface area (Å²) in [5.74, 6) is 0.308. The van der Waals surface area contributed by atoms with Gasteiger partial charge in [0.2, 0.25) is 5.91 Å². The van der Waals surface area contributed by atoms with Crippen molar-refractivity contribution in [1.29, 1.82) is 0 Å². The van der Waals surface area contributed by atoms with E-state index in [-0.39, 0.29) is 5.91 Å². The van der Waals surface area contributed by atoms with E-state index in [2.05, 4.69) is 31.2 Å². The fourth-order valence-corrected chi connectivity index (χ4v) is 5.59. The highest BCUT2D eigenvalue weighted by Crippen LogP contribution is 2.39. The fraction of sp³-hybridized carbons (Fsp3) is 0.278. The van der Waals surface area contributed by atoms with Gasteiger partial charge in [0.1, 0.15) is 16.2 Å². The first-order valence-electron chi connectivity index (χ1n) is 8.14. The zero-order valence-corrected chi connectivity index (χ0v) is 16.6. The first-order valence-corrected chi connectivity index (χ1v) is 10.7. The van der Waals surface area contributed by atoms with Crippen LogP contribution in [0.5, 0.6) is 0 Å². The monoisotopic (exact) mass is 433 g/mol. The smallest absolute Gasteiger partial charge is 0.234 e. The van der Waals surface area contributed by atoms with E-state index in [4.69, 9.17) is 0 Å². The van der Waals surface area contributed by atoms with Gasteiger partial charge in [-0.25, -0.2) is 9.97 Å². The number of aromatic nitrogens is 2. The van der Waals surface area contributed by atoms with Crippen LogP contribution in [0, 0.1) is 0 Å². The number of thioether (sulfide) groups is 1. The first-order chi connectivity index (χ1) is 12.2. The highest BCUT2D eigenvalue weighted by atomic mass is 79.9. The molecule has 3 aromatic rings. The zero-order chi connectivity index (χ0) is 17.2. The molecule has 2 aromatic heterocycles. The minimum absolute atomic E-state index is 0.0287. The molecule has 1 aromatic carbocycles. The Kier molecular flexibility index (Phi) is 5.05. The molecule has 25 heavy (non-hydrogen) atoms. The lowest BCUT2D eigenvalue weighted by molar-refractivity contribution is -0.113. The third-order valence-electron chi connectivity index (χ3n) is 4.16. The second-order valence-electron chi connectivity index (χ2n) is 5.92. The van der Waals surface area contributed by atoms with Crippen molar-refractivity contribution in [3.8, 4) is 0 Å². The number of hydrogen-bond acceptors (Lipinski definition) is 5. The fourth-order valence-electron chi connectivity index (χ4n) is 3.07. The standard InChI is InChI=1S/C18H16BrN3OS2/c19-11-4-3-5-12(8-11)22-15(23)9-24-17-16-13-6-1-2-7-14(13)25-18(16)21-10-20-17/h3-5,8,10H,1-2,6-7,9H2,(H,22,23). The summed E-state index contributed by atoms with van der Waals surface area (Å²) in [6.45, 7) is 0. The predicted molar refractivity (Wildman–Crippen MR) is 108 cm³/mol. The summed E-state index contributed by atoms with van der Waals surface area (Å²) in [4.78, 5) is 23.7. The van der Waals surface area contributed by atoms with E-state index < -0.39 is 0 Å². The molecule has 4 nitrogen and oxygen atoms in total. The van der Waals surface area contributed by atoms with Crippen molar-refractivity contribution < 1.29 is 4.79 Å². The number of benzene rings is 1. The van der Waals surface area contributed by atoms with Crippen LogP contribution >= 0.6 is 39.0 Å². The Morgan fingerprint density at radius 1 is 1.28 bits per heavy atom. The first kappa shape index (κ1) is 17.0. The highest BCUT2D eigenvalue weighted by Gasteiger charge is 2.20. The number of halogens is 1. The Labute approximate surface area is 162 Å². The average molecular weight is 434 g/mol. The molecule has 0 aliphatic heterocycles. The topological polar surface area (TPSA) is 54.9 Å². The number of nitrogens with zero attached hydrogens (tertiary/aromatic N) is 2. The second-order valence-corrected chi connectivity index (χ2v) is 8.88. The maximum absolute atomic E-state index is 12.3. The number of carbonyl (C=O) groups excluding carboxylic acids is 1. The second kappa shape index (κ2) is 7.43. The molecule has 1 aliphatic rings. The molecule has 7 heteroatoms. The van der Waals surface area contributed by atoms with E-state index in [0.29, 0.717) is 5.75 Å². The van der Waals surface area contributed by atoms with Crippen LogP contribution in [0.2, 0.25) is 0 Å². The summed E-state index contributed by atoms with van der Waals surface area (Å²) in [5, 5.41) is 5.02. The van der Waals surface area contributed by atoms with Crippen molar-refractivity contribution >= 4 is 60.8 Å². The molecular formula is C18H16BrN3OS2. The lowest BCUT2D eigenvalue weighted by atomic mass is 9.97. The molecule has 128 valence electrons. The summed E-state index contributed by atoms with van der Waals surface area (Å²) >= 11 is 6.69. The van der Waals surface area contributed by atoms with Gasteiger partial charge < -0.3 is 5.32 Å². The molecule has 1 amide bonds. The van der Waals surface area contributed by atoms with Gasteiger partial charge in [0.25, 0.3) is 0 Å². The molecule has 1 aliphatic carbocycles. The third kappa shape index (κ3) is 3.73.